The summed E-state index contributed by atoms with van der Waals surface area (Å²) >= 11 is 0. The second-order valence-corrected chi connectivity index (χ2v) is 13.2. The molecule has 1 fully saturated rings. The second-order valence-electron chi connectivity index (χ2n) is 13.2. The molecule has 10 nitrogen and oxygen atoms in total. The van der Waals surface area contributed by atoms with E-state index in [4.69, 9.17) is 15.6 Å². The van der Waals surface area contributed by atoms with Gasteiger partial charge in [0.2, 0.25) is 0 Å². The lowest BCUT2D eigenvalue weighted by Gasteiger charge is -2.34. The summed E-state index contributed by atoms with van der Waals surface area (Å²) in [4.78, 5) is 36.0. The van der Waals surface area contributed by atoms with Crippen LogP contribution in [0.25, 0.3) is 22.3 Å². The van der Waals surface area contributed by atoms with Gasteiger partial charge in [-0.2, -0.15) is 5.10 Å². The molecule has 1 atom stereocenters. The van der Waals surface area contributed by atoms with Crippen LogP contribution in [-0.4, -0.2) is 55.3 Å². The third kappa shape index (κ3) is 6.79. The zero-order chi connectivity index (χ0) is 30.9. The maximum Gasteiger partial charge on any atom is 0.410 e. The first kappa shape index (κ1) is 30.0. The Bertz CT molecular complexity index is 1610. The van der Waals surface area contributed by atoms with Crippen molar-refractivity contribution in [3.8, 4) is 11.3 Å². The van der Waals surface area contributed by atoms with E-state index in [1.807, 2.05) is 74.0 Å². The fourth-order valence-corrected chi connectivity index (χ4v) is 5.29. The molecule has 0 spiro atoms. The SMILES string of the molecule is CC(C)(C)OC(=O)N1CCC[C@@H](n2nc(-c3ccc(CNC(=O)c4ccc(C(C)(C)C)cc4)cc3)c3c(N)ncnc32)C1. The van der Waals surface area contributed by atoms with Gasteiger partial charge in [-0.15, -0.1) is 0 Å². The summed E-state index contributed by atoms with van der Waals surface area (Å²) in [5.74, 6) is 0.229. The predicted octanol–water partition coefficient (Wildman–Crippen LogP) is 5.88. The molecule has 2 aromatic carbocycles. The summed E-state index contributed by atoms with van der Waals surface area (Å²) in [7, 11) is 0. The number of ether oxygens (including phenoxy) is 1. The monoisotopic (exact) mass is 583 g/mol. The van der Waals surface area contributed by atoms with E-state index < -0.39 is 5.60 Å². The van der Waals surface area contributed by atoms with Gasteiger partial charge < -0.3 is 20.7 Å². The number of nitrogens with zero attached hydrogens (tertiary/aromatic N) is 5. The van der Waals surface area contributed by atoms with Gasteiger partial charge in [0.1, 0.15) is 23.4 Å². The minimum Gasteiger partial charge on any atom is -0.444 e. The van der Waals surface area contributed by atoms with E-state index in [-0.39, 0.29) is 23.5 Å². The number of nitrogen functional groups attached to an aromatic ring is 1. The zero-order valence-electron chi connectivity index (χ0n) is 25.8. The van der Waals surface area contributed by atoms with E-state index in [0.717, 1.165) is 24.0 Å². The number of nitrogens with one attached hydrogen (secondary N) is 1. The molecule has 2 amide bonds. The molecule has 0 unspecified atom stereocenters. The van der Waals surface area contributed by atoms with Crippen molar-refractivity contribution in [1.29, 1.82) is 0 Å². The average molecular weight is 584 g/mol. The van der Waals surface area contributed by atoms with Crippen molar-refractivity contribution >= 4 is 28.9 Å². The molecule has 226 valence electrons. The van der Waals surface area contributed by atoms with Crippen molar-refractivity contribution in [3.63, 3.8) is 0 Å². The molecule has 4 aromatic rings. The second kappa shape index (κ2) is 11.7. The van der Waals surface area contributed by atoms with Crippen LogP contribution in [0.15, 0.2) is 54.9 Å². The van der Waals surface area contributed by atoms with Crippen molar-refractivity contribution in [2.75, 3.05) is 18.8 Å². The lowest BCUT2D eigenvalue weighted by Crippen LogP contribution is -2.43. The molecule has 0 saturated carbocycles. The highest BCUT2D eigenvalue weighted by Crippen LogP contribution is 2.34. The highest BCUT2D eigenvalue weighted by molar-refractivity contribution is 5.98. The van der Waals surface area contributed by atoms with Gasteiger partial charge in [-0.25, -0.2) is 19.4 Å². The van der Waals surface area contributed by atoms with Crippen LogP contribution < -0.4 is 11.1 Å². The number of aromatic nitrogens is 4. The van der Waals surface area contributed by atoms with E-state index in [0.29, 0.717) is 47.7 Å². The highest BCUT2D eigenvalue weighted by atomic mass is 16.6. The minimum absolute atomic E-state index is 0.0333. The Morgan fingerprint density at radius 2 is 1.70 bits per heavy atom. The molecule has 5 rings (SSSR count). The largest absolute Gasteiger partial charge is 0.444 e. The quantitative estimate of drug-likeness (QED) is 0.300. The lowest BCUT2D eigenvalue weighted by atomic mass is 9.87. The van der Waals surface area contributed by atoms with Crippen molar-refractivity contribution in [1.82, 2.24) is 30.0 Å². The Balaban J connectivity index is 1.33. The molecule has 3 heterocycles. The van der Waals surface area contributed by atoms with E-state index in [1.54, 1.807) is 4.90 Å². The maximum absolute atomic E-state index is 12.8. The molecule has 0 radical (unpaired) electrons. The first-order valence-electron chi connectivity index (χ1n) is 14.7. The number of rotatable bonds is 5. The summed E-state index contributed by atoms with van der Waals surface area (Å²) in [6.07, 6.45) is 2.78. The molecule has 43 heavy (non-hydrogen) atoms. The van der Waals surface area contributed by atoms with Crippen LogP contribution in [-0.2, 0) is 16.7 Å². The molecule has 10 heteroatoms. The van der Waals surface area contributed by atoms with E-state index in [9.17, 15) is 9.59 Å². The Hall–Kier alpha value is -4.47. The van der Waals surface area contributed by atoms with Gasteiger partial charge in [-0.1, -0.05) is 57.2 Å². The summed E-state index contributed by atoms with van der Waals surface area (Å²) in [5, 5.41) is 8.65. The molecule has 0 aliphatic carbocycles. The third-order valence-corrected chi connectivity index (χ3v) is 7.61. The van der Waals surface area contributed by atoms with E-state index in [1.165, 1.54) is 11.9 Å². The van der Waals surface area contributed by atoms with E-state index in [2.05, 4.69) is 36.1 Å². The number of hydrogen-bond donors (Lipinski definition) is 2. The van der Waals surface area contributed by atoms with Crippen LogP contribution in [0, 0.1) is 0 Å². The van der Waals surface area contributed by atoms with Crippen LogP contribution in [0.4, 0.5) is 10.6 Å². The summed E-state index contributed by atoms with van der Waals surface area (Å²) < 4.78 is 7.49. The number of likely N-dealkylation sites (tertiary alicyclic amines) is 1. The highest BCUT2D eigenvalue weighted by Gasteiger charge is 2.31. The number of carbonyl (C=O) groups is 2. The van der Waals surface area contributed by atoms with Crippen LogP contribution in [0.2, 0.25) is 0 Å². The Morgan fingerprint density at radius 1 is 1.00 bits per heavy atom. The Labute approximate surface area is 252 Å². The molecule has 1 saturated heterocycles. The maximum atomic E-state index is 12.8. The standard InChI is InChI=1S/C33H41N7O3/c1-32(2,3)24-15-13-23(14-16-24)30(41)35-18-21-9-11-22(12-10-21)27-26-28(34)36-20-37-29(26)40(38-27)25-8-7-17-39(19-25)31(42)43-33(4,5)6/h9-16,20,25H,7-8,17-19H2,1-6H3,(H,35,41)(H2,34,36,37)/t25-/m1/s1. The fraction of sp³-hybridized carbons (Fsp3) is 0.424. The normalized spacial score (nSPS) is 15.9. The number of anilines is 1. The molecular formula is C33H41N7O3. The number of amides is 2. The number of fused-ring (bicyclic) bond motifs is 1. The van der Waals surface area contributed by atoms with E-state index >= 15 is 0 Å². The summed E-state index contributed by atoms with van der Waals surface area (Å²) in [6, 6.07) is 15.5. The van der Waals surface area contributed by atoms with Crippen molar-refractivity contribution < 1.29 is 14.3 Å². The molecule has 0 bridgehead atoms. The minimum atomic E-state index is -0.566. The zero-order valence-corrected chi connectivity index (χ0v) is 25.8. The van der Waals surface area contributed by atoms with Gasteiger partial charge in [-0.3, -0.25) is 4.79 Å². The Kier molecular flexibility index (Phi) is 8.14. The number of benzene rings is 2. The summed E-state index contributed by atoms with van der Waals surface area (Å²) in [6.45, 7) is 13.5. The van der Waals surface area contributed by atoms with Crippen molar-refractivity contribution in [2.45, 2.75) is 78.0 Å². The van der Waals surface area contributed by atoms with Gasteiger partial charge in [0, 0.05) is 30.8 Å². The number of carbonyl (C=O) groups excluding carboxylic acids is 2. The molecule has 3 N–H and O–H groups in total. The molecule has 1 aliphatic heterocycles. The topological polar surface area (TPSA) is 128 Å². The third-order valence-electron chi connectivity index (χ3n) is 7.61. The number of piperidine rings is 1. The van der Waals surface area contributed by atoms with Gasteiger partial charge in [-0.05, 0) is 62.3 Å². The van der Waals surface area contributed by atoms with Crippen molar-refractivity contribution in [3.05, 3.63) is 71.5 Å². The first-order valence-corrected chi connectivity index (χ1v) is 14.7. The van der Waals surface area contributed by atoms with Gasteiger partial charge in [0.15, 0.2) is 5.65 Å². The van der Waals surface area contributed by atoms with Gasteiger partial charge in [0.25, 0.3) is 5.91 Å². The predicted molar refractivity (Wildman–Crippen MR) is 168 cm³/mol. The van der Waals surface area contributed by atoms with Crippen LogP contribution in [0.3, 0.4) is 0 Å². The average Bonchev–Trinajstić information content (AvgIpc) is 3.36. The van der Waals surface area contributed by atoms with Crippen LogP contribution >= 0.6 is 0 Å². The van der Waals surface area contributed by atoms with Gasteiger partial charge >= 0.3 is 6.09 Å². The van der Waals surface area contributed by atoms with Crippen LogP contribution in [0.5, 0.6) is 0 Å². The first-order chi connectivity index (χ1) is 20.3. The molecule has 2 aromatic heterocycles. The number of hydrogen-bond acceptors (Lipinski definition) is 7. The smallest absolute Gasteiger partial charge is 0.410 e. The van der Waals surface area contributed by atoms with Crippen molar-refractivity contribution in [2.24, 2.45) is 0 Å². The van der Waals surface area contributed by atoms with Crippen LogP contribution in [0.1, 0.15) is 81.9 Å². The summed E-state index contributed by atoms with van der Waals surface area (Å²) in [5.41, 5.74) is 10.8. The Morgan fingerprint density at radius 3 is 2.35 bits per heavy atom. The number of nitrogens with two attached hydrogens (primary N) is 1. The van der Waals surface area contributed by atoms with Gasteiger partial charge in [0.05, 0.1) is 11.4 Å². The lowest BCUT2D eigenvalue weighted by molar-refractivity contribution is 0.0169. The molecule has 1 aliphatic rings. The fourth-order valence-electron chi connectivity index (χ4n) is 5.29. The molecular weight excluding hydrogens is 542 g/mol.